The van der Waals surface area contributed by atoms with Crippen molar-refractivity contribution in [1.82, 2.24) is 0 Å². The zero-order valence-electron chi connectivity index (χ0n) is 16.3. The maximum absolute atomic E-state index is 9.61. The number of nitrogens with zero attached hydrogens (tertiary/aromatic N) is 2. The summed E-state index contributed by atoms with van der Waals surface area (Å²) in [6, 6.07) is 17.5. The number of methoxy groups -OCH3 is 1. The summed E-state index contributed by atoms with van der Waals surface area (Å²) in [5.74, 6) is 0.569. The van der Waals surface area contributed by atoms with Crippen molar-refractivity contribution < 1.29 is 9.84 Å². The van der Waals surface area contributed by atoms with Crippen LogP contribution in [0.2, 0.25) is 10.0 Å². The molecule has 4 nitrogen and oxygen atoms in total. The fourth-order valence-electron chi connectivity index (χ4n) is 3.69. The van der Waals surface area contributed by atoms with Gasteiger partial charge in [0.25, 0.3) is 0 Å². The predicted molar refractivity (Wildman–Crippen MR) is 119 cm³/mol. The molecule has 0 spiro atoms. The number of hydrogen-bond acceptors (Lipinski definition) is 4. The van der Waals surface area contributed by atoms with Crippen molar-refractivity contribution in [1.29, 1.82) is 5.26 Å². The molecule has 0 saturated carbocycles. The van der Waals surface area contributed by atoms with Crippen molar-refractivity contribution in [3.63, 3.8) is 0 Å². The van der Waals surface area contributed by atoms with Crippen LogP contribution in [0.1, 0.15) is 23.5 Å². The van der Waals surface area contributed by atoms with Crippen LogP contribution in [0.3, 0.4) is 0 Å². The molecule has 0 saturated heterocycles. The van der Waals surface area contributed by atoms with E-state index in [4.69, 9.17) is 27.9 Å². The average Bonchev–Trinajstić information content (AvgIpc) is 2.73. The Bertz CT molecular complexity index is 1060. The van der Waals surface area contributed by atoms with E-state index in [9.17, 15) is 10.4 Å². The van der Waals surface area contributed by atoms with E-state index in [-0.39, 0.29) is 12.5 Å². The second kappa shape index (κ2) is 9.37. The number of anilines is 1. The molecule has 0 fully saturated rings. The van der Waals surface area contributed by atoms with Crippen molar-refractivity contribution in [3.8, 4) is 11.8 Å². The largest absolute Gasteiger partial charge is 0.493 e. The van der Waals surface area contributed by atoms with E-state index in [2.05, 4.69) is 11.0 Å². The van der Waals surface area contributed by atoms with E-state index in [1.54, 1.807) is 13.2 Å². The molecule has 0 aliphatic carbocycles. The zero-order chi connectivity index (χ0) is 21.0. The van der Waals surface area contributed by atoms with Crippen LogP contribution in [0.4, 0.5) is 5.69 Å². The van der Waals surface area contributed by atoms with Crippen molar-refractivity contribution in [2.45, 2.75) is 12.3 Å². The first kappa shape index (κ1) is 21.3. The number of aliphatic hydroxyl groups is 1. The lowest BCUT2D eigenvalue weighted by Gasteiger charge is -2.29. The summed E-state index contributed by atoms with van der Waals surface area (Å²) in [7, 11) is 3.54. The number of hydrogen-bond donors (Lipinski definition) is 1. The highest BCUT2D eigenvalue weighted by atomic mass is 35.5. The van der Waals surface area contributed by atoms with Crippen molar-refractivity contribution in [2.75, 3.05) is 32.2 Å². The average molecular weight is 429 g/mol. The maximum atomic E-state index is 9.61. The van der Waals surface area contributed by atoms with Gasteiger partial charge in [-0.15, -0.1) is 0 Å². The molecule has 0 amide bonds. The molecule has 0 bridgehead atoms. The molecule has 0 unspecified atom stereocenters. The van der Waals surface area contributed by atoms with Gasteiger partial charge in [0.2, 0.25) is 0 Å². The summed E-state index contributed by atoms with van der Waals surface area (Å²) in [4.78, 5) is 2.07. The molecule has 3 aromatic rings. The molecule has 0 radical (unpaired) electrons. The van der Waals surface area contributed by atoms with Crippen LogP contribution in [0.25, 0.3) is 10.8 Å². The lowest BCUT2D eigenvalue weighted by Crippen LogP contribution is -2.26. The molecule has 6 heteroatoms. The number of fused-ring (bicyclic) bond motifs is 1. The number of rotatable bonds is 7. The van der Waals surface area contributed by atoms with Gasteiger partial charge in [0.1, 0.15) is 6.07 Å². The van der Waals surface area contributed by atoms with Crippen LogP contribution in [0.5, 0.6) is 5.75 Å². The maximum Gasteiger partial charge on any atom is 0.160 e. The van der Waals surface area contributed by atoms with Crippen molar-refractivity contribution in [2.24, 2.45) is 0 Å². The van der Waals surface area contributed by atoms with Gasteiger partial charge in [-0.05, 0) is 35.6 Å². The highest BCUT2D eigenvalue weighted by Gasteiger charge is 2.21. The summed E-state index contributed by atoms with van der Waals surface area (Å²) in [5, 5.41) is 22.2. The molecule has 150 valence electrons. The van der Waals surface area contributed by atoms with Crippen LogP contribution < -0.4 is 9.64 Å². The van der Waals surface area contributed by atoms with E-state index in [0.717, 1.165) is 22.0 Å². The third-order valence-corrected chi connectivity index (χ3v) is 5.81. The second-order valence-corrected chi connectivity index (χ2v) is 7.72. The van der Waals surface area contributed by atoms with Gasteiger partial charge in [-0.3, -0.25) is 0 Å². The Morgan fingerprint density at radius 3 is 2.55 bits per heavy atom. The minimum absolute atomic E-state index is 0.0222. The first-order valence-corrected chi connectivity index (χ1v) is 10.0. The van der Waals surface area contributed by atoms with Crippen molar-refractivity contribution >= 4 is 39.7 Å². The first-order valence-electron chi connectivity index (χ1n) is 9.27. The van der Waals surface area contributed by atoms with E-state index in [1.165, 1.54) is 0 Å². The van der Waals surface area contributed by atoms with Crippen LogP contribution >= 0.6 is 23.2 Å². The standard InChI is InChI=1S/C23H22Cl2N2O2/c1-27(14-17(9-10-28)15-7-8-20(24)21(25)12-15)22-19-6-4-3-5-16(19)11-18(13-26)23(22)29-2/h3-8,11-12,17,28H,9-10,14H2,1-2H3/t17-/m1/s1. The molecule has 0 aromatic heterocycles. The van der Waals surface area contributed by atoms with E-state index in [0.29, 0.717) is 34.3 Å². The number of aliphatic hydroxyl groups excluding tert-OH is 1. The van der Waals surface area contributed by atoms with Crippen LogP contribution in [-0.2, 0) is 0 Å². The molecule has 0 heterocycles. The second-order valence-electron chi connectivity index (χ2n) is 6.90. The lowest BCUT2D eigenvalue weighted by molar-refractivity contribution is 0.276. The van der Waals surface area contributed by atoms with Gasteiger partial charge in [-0.1, -0.05) is 53.5 Å². The Hall–Kier alpha value is -2.45. The van der Waals surface area contributed by atoms with Crippen LogP contribution in [0, 0.1) is 11.3 Å². The quantitative estimate of drug-likeness (QED) is 0.529. The topological polar surface area (TPSA) is 56.5 Å². The molecule has 1 N–H and O–H groups in total. The number of likely N-dealkylation sites (N-methyl/N-ethyl adjacent to an activating group) is 1. The number of ether oxygens (including phenoxy) is 1. The summed E-state index contributed by atoms with van der Waals surface area (Å²) in [5.41, 5.74) is 2.34. The third kappa shape index (κ3) is 4.43. The molecule has 0 aliphatic rings. The molecule has 29 heavy (non-hydrogen) atoms. The fourth-order valence-corrected chi connectivity index (χ4v) is 3.99. The minimum Gasteiger partial charge on any atom is -0.493 e. The molecule has 3 rings (SSSR count). The smallest absolute Gasteiger partial charge is 0.160 e. The number of halogens is 2. The molecular formula is C23H22Cl2N2O2. The summed E-state index contributed by atoms with van der Waals surface area (Å²) in [6.45, 7) is 0.655. The minimum atomic E-state index is 0.0222. The van der Waals surface area contributed by atoms with Gasteiger partial charge in [0, 0.05) is 31.5 Å². The van der Waals surface area contributed by atoms with Gasteiger partial charge in [0.15, 0.2) is 5.75 Å². The molecule has 3 aromatic carbocycles. The monoisotopic (exact) mass is 428 g/mol. The Balaban J connectivity index is 2.06. The van der Waals surface area contributed by atoms with E-state index in [1.807, 2.05) is 49.5 Å². The summed E-state index contributed by atoms with van der Waals surface area (Å²) in [6.07, 6.45) is 0.570. The predicted octanol–water partition coefficient (Wildman–Crippen LogP) is 5.63. The molecule has 0 aliphatic heterocycles. The number of benzene rings is 3. The fraction of sp³-hybridized carbons (Fsp3) is 0.261. The SMILES string of the molecule is COc1c(C#N)cc2ccccc2c1N(C)C[C@@H](CCO)c1ccc(Cl)c(Cl)c1. The van der Waals surface area contributed by atoms with Gasteiger partial charge < -0.3 is 14.7 Å². The first-order chi connectivity index (χ1) is 14.0. The Labute approximate surface area is 180 Å². The summed E-state index contributed by atoms with van der Waals surface area (Å²) >= 11 is 12.3. The van der Waals surface area contributed by atoms with Gasteiger partial charge >= 0.3 is 0 Å². The Kier molecular flexibility index (Phi) is 6.87. The van der Waals surface area contributed by atoms with E-state index < -0.39 is 0 Å². The lowest BCUT2D eigenvalue weighted by atomic mass is 9.94. The highest BCUT2D eigenvalue weighted by molar-refractivity contribution is 6.42. The van der Waals surface area contributed by atoms with Gasteiger partial charge in [0.05, 0.1) is 28.4 Å². The Morgan fingerprint density at radius 1 is 1.14 bits per heavy atom. The van der Waals surface area contributed by atoms with Gasteiger partial charge in [-0.25, -0.2) is 0 Å². The summed E-state index contributed by atoms with van der Waals surface area (Å²) < 4.78 is 5.63. The normalized spacial score (nSPS) is 11.9. The highest BCUT2D eigenvalue weighted by Crippen LogP contribution is 2.40. The zero-order valence-corrected chi connectivity index (χ0v) is 17.8. The van der Waals surface area contributed by atoms with Crippen molar-refractivity contribution in [3.05, 3.63) is 69.7 Å². The van der Waals surface area contributed by atoms with Crippen LogP contribution in [0.15, 0.2) is 48.5 Å². The number of nitriles is 1. The van der Waals surface area contributed by atoms with Crippen LogP contribution in [-0.4, -0.2) is 32.4 Å². The third-order valence-electron chi connectivity index (χ3n) is 5.07. The molecular weight excluding hydrogens is 407 g/mol. The van der Waals surface area contributed by atoms with E-state index >= 15 is 0 Å². The molecule has 1 atom stereocenters. The van der Waals surface area contributed by atoms with Gasteiger partial charge in [-0.2, -0.15) is 5.26 Å². The Morgan fingerprint density at radius 2 is 1.90 bits per heavy atom.